The summed E-state index contributed by atoms with van der Waals surface area (Å²) in [6.07, 6.45) is 3.33. The zero-order valence-corrected chi connectivity index (χ0v) is 20.4. The van der Waals surface area contributed by atoms with Crippen LogP contribution in [0.5, 0.6) is 23.0 Å². The Labute approximate surface area is 209 Å². The van der Waals surface area contributed by atoms with Crippen LogP contribution < -0.4 is 24.3 Å². The Morgan fingerprint density at radius 3 is 2.64 bits per heavy atom. The van der Waals surface area contributed by atoms with Gasteiger partial charge in [0.25, 0.3) is 0 Å². The van der Waals surface area contributed by atoms with Crippen molar-refractivity contribution in [3.63, 3.8) is 0 Å². The van der Waals surface area contributed by atoms with Crippen molar-refractivity contribution < 1.29 is 28.2 Å². The highest BCUT2D eigenvalue weighted by molar-refractivity contribution is 6.00. The molecule has 1 aromatic heterocycles. The fourth-order valence-corrected chi connectivity index (χ4v) is 4.20. The lowest BCUT2D eigenvalue weighted by atomic mass is 9.99. The normalized spacial score (nSPS) is 12.6. The lowest BCUT2D eigenvalue weighted by molar-refractivity contribution is -0.116. The van der Waals surface area contributed by atoms with Crippen molar-refractivity contribution in [1.82, 2.24) is 5.32 Å². The molecular formula is C29H27NO6. The van der Waals surface area contributed by atoms with E-state index in [2.05, 4.69) is 5.32 Å². The number of benzene rings is 3. The number of fused-ring (bicyclic) bond motifs is 2. The number of carbonyl (C=O) groups excluding carboxylic acids is 1. The van der Waals surface area contributed by atoms with Crippen LogP contribution >= 0.6 is 0 Å². The molecule has 36 heavy (non-hydrogen) atoms. The average molecular weight is 486 g/mol. The Balaban J connectivity index is 1.40. The third-order valence-electron chi connectivity index (χ3n) is 6.05. The molecule has 2 heterocycles. The van der Waals surface area contributed by atoms with Crippen LogP contribution in [-0.2, 0) is 11.3 Å². The minimum absolute atomic E-state index is 0.199. The van der Waals surface area contributed by atoms with Crippen molar-refractivity contribution in [2.45, 2.75) is 20.4 Å². The van der Waals surface area contributed by atoms with Gasteiger partial charge in [-0.15, -0.1) is 0 Å². The van der Waals surface area contributed by atoms with E-state index in [1.54, 1.807) is 19.4 Å². The molecule has 7 nitrogen and oxygen atoms in total. The van der Waals surface area contributed by atoms with E-state index in [4.69, 9.17) is 23.4 Å². The first-order valence-electron chi connectivity index (χ1n) is 11.7. The second kappa shape index (κ2) is 10.1. The predicted octanol–water partition coefficient (Wildman–Crippen LogP) is 5.96. The van der Waals surface area contributed by atoms with Gasteiger partial charge in [-0.2, -0.15) is 0 Å². The Bertz CT molecular complexity index is 1430. The highest BCUT2D eigenvalue weighted by atomic mass is 16.7. The number of hydrogen-bond acceptors (Lipinski definition) is 6. The van der Waals surface area contributed by atoms with Crippen molar-refractivity contribution in [2.24, 2.45) is 0 Å². The SMILES string of the molecule is CCOc1cc2occ(-c3ccc(OC)cc3)c2cc1/C(C)=C/C(=O)NCc1ccc2c(c1)OCO2. The van der Waals surface area contributed by atoms with Gasteiger partial charge >= 0.3 is 0 Å². The van der Waals surface area contributed by atoms with Crippen LogP contribution in [0.1, 0.15) is 25.0 Å². The summed E-state index contributed by atoms with van der Waals surface area (Å²) in [5.41, 5.74) is 5.22. The van der Waals surface area contributed by atoms with Crippen molar-refractivity contribution in [3.05, 3.63) is 78.1 Å². The third-order valence-corrected chi connectivity index (χ3v) is 6.05. The third kappa shape index (κ3) is 4.73. The van der Waals surface area contributed by atoms with Gasteiger partial charge in [0.2, 0.25) is 12.7 Å². The number of carbonyl (C=O) groups is 1. The number of furan rings is 1. The molecule has 0 saturated carbocycles. The highest BCUT2D eigenvalue weighted by Crippen LogP contribution is 2.38. The van der Waals surface area contributed by atoms with Gasteiger partial charge in [0.15, 0.2) is 11.5 Å². The van der Waals surface area contributed by atoms with E-state index in [-0.39, 0.29) is 12.7 Å². The number of amides is 1. The van der Waals surface area contributed by atoms with E-state index < -0.39 is 0 Å². The van der Waals surface area contributed by atoms with Crippen LogP contribution in [0.15, 0.2) is 71.4 Å². The molecule has 1 aliphatic rings. The maximum absolute atomic E-state index is 12.8. The fraction of sp³-hybridized carbons (Fsp3) is 0.207. The molecule has 0 aliphatic carbocycles. The number of rotatable bonds is 8. The maximum atomic E-state index is 12.8. The Hall–Kier alpha value is -4.39. The summed E-state index contributed by atoms with van der Waals surface area (Å²) in [6, 6.07) is 17.3. The quantitative estimate of drug-likeness (QED) is 0.311. The standard InChI is InChI=1S/C29H27NO6/c1-4-33-26-14-27-23(24(16-34-27)20-6-8-21(32-3)9-7-20)13-22(26)18(2)11-29(31)30-15-19-5-10-25-28(12-19)36-17-35-25/h5-14,16H,4,15,17H2,1-3H3,(H,30,31)/b18-11+. The monoisotopic (exact) mass is 485 g/mol. The van der Waals surface area contributed by atoms with E-state index >= 15 is 0 Å². The topological polar surface area (TPSA) is 79.2 Å². The molecule has 184 valence electrons. The van der Waals surface area contributed by atoms with Gasteiger partial charge in [-0.3, -0.25) is 4.79 Å². The molecule has 0 atom stereocenters. The smallest absolute Gasteiger partial charge is 0.244 e. The number of methoxy groups -OCH3 is 1. The first-order chi connectivity index (χ1) is 17.6. The van der Waals surface area contributed by atoms with Crippen molar-refractivity contribution >= 4 is 22.4 Å². The van der Waals surface area contributed by atoms with Gasteiger partial charge in [0.1, 0.15) is 17.1 Å². The summed E-state index contributed by atoms with van der Waals surface area (Å²) >= 11 is 0. The van der Waals surface area contributed by atoms with Gasteiger partial charge < -0.3 is 28.7 Å². The molecule has 7 heteroatoms. The van der Waals surface area contributed by atoms with E-state index in [1.807, 2.05) is 68.4 Å². The van der Waals surface area contributed by atoms with Crippen molar-refractivity contribution in [3.8, 4) is 34.1 Å². The molecule has 1 N–H and O–H groups in total. The van der Waals surface area contributed by atoms with Crippen LogP contribution in [0.4, 0.5) is 0 Å². The summed E-state index contributed by atoms with van der Waals surface area (Å²) in [7, 11) is 1.64. The number of nitrogens with one attached hydrogen (secondary N) is 1. The summed E-state index contributed by atoms with van der Waals surface area (Å²) in [4.78, 5) is 12.8. The van der Waals surface area contributed by atoms with Gasteiger partial charge in [-0.1, -0.05) is 18.2 Å². The van der Waals surface area contributed by atoms with E-state index in [1.165, 1.54) is 0 Å². The molecule has 5 rings (SSSR count). The predicted molar refractivity (Wildman–Crippen MR) is 137 cm³/mol. The van der Waals surface area contributed by atoms with Crippen LogP contribution in [-0.4, -0.2) is 26.4 Å². The van der Waals surface area contributed by atoms with Gasteiger partial charge in [0.05, 0.1) is 20.0 Å². The molecule has 0 unspecified atom stereocenters. The minimum atomic E-state index is -0.199. The van der Waals surface area contributed by atoms with Gasteiger partial charge in [-0.25, -0.2) is 0 Å². The molecule has 0 bridgehead atoms. The molecule has 0 radical (unpaired) electrons. The molecule has 3 aromatic carbocycles. The molecular weight excluding hydrogens is 458 g/mol. The van der Waals surface area contributed by atoms with Crippen LogP contribution in [0, 0.1) is 0 Å². The first-order valence-corrected chi connectivity index (χ1v) is 11.7. The summed E-state index contributed by atoms with van der Waals surface area (Å²) in [5, 5.41) is 3.88. The van der Waals surface area contributed by atoms with Gasteiger partial charge in [-0.05, 0) is 60.9 Å². The average Bonchev–Trinajstić information content (AvgIpc) is 3.53. The largest absolute Gasteiger partial charge is 0.497 e. The zero-order chi connectivity index (χ0) is 25.1. The van der Waals surface area contributed by atoms with E-state index in [9.17, 15) is 4.79 Å². The lowest BCUT2D eigenvalue weighted by Crippen LogP contribution is -2.20. The number of hydrogen-bond donors (Lipinski definition) is 1. The zero-order valence-electron chi connectivity index (χ0n) is 20.4. The minimum Gasteiger partial charge on any atom is -0.497 e. The molecule has 1 aliphatic heterocycles. The second-order valence-corrected chi connectivity index (χ2v) is 8.39. The van der Waals surface area contributed by atoms with Crippen molar-refractivity contribution in [2.75, 3.05) is 20.5 Å². The number of ether oxygens (including phenoxy) is 4. The second-order valence-electron chi connectivity index (χ2n) is 8.39. The van der Waals surface area contributed by atoms with Gasteiger partial charge in [0, 0.05) is 35.2 Å². The summed E-state index contributed by atoms with van der Waals surface area (Å²) < 4.78 is 27.8. The Morgan fingerprint density at radius 1 is 1.06 bits per heavy atom. The highest BCUT2D eigenvalue weighted by Gasteiger charge is 2.16. The molecule has 0 fully saturated rings. The number of allylic oxidation sites excluding steroid dienone is 1. The molecule has 0 spiro atoms. The lowest BCUT2D eigenvalue weighted by Gasteiger charge is -2.12. The van der Waals surface area contributed by atoms with E-state index in [0.29, 0.717) is 36.0 Å². The van der Waals surface area contributed by atoms with Crippen LogP contribution in [0.2, 0.25) is 0 Å². The van der Waals surface area contributed by atoms with Crippen LogP contribution in [0.3, 0.4) is 0 Å². The maximum Gasteiger partial charge on any atom is 0.244 e. The van der Waals surface area contributed by atoms with E-state index in [0.717, 1.165) is 39.0 Å². The molecule has 0 saturated heterocycles. The Kier molecular flexibility index (Phi) is 6.54. The van der Waals surface area contributed by atoms with Crippen LogP contribution in [0.25, 0.3) is 27.7 Å². The Morgan fingerprint density at radius 2 is 1.86 bits per heavy atom. The summed E-state index contributed by atoms with van der Waals surface area (Å²) in [6.45, 7) is 4.91. The fourth-order valence-electron chi connectivity index (χ4n) is 4.20. The van der Waals surface area contributed by atoms with Crippen molar-refractivity contribution in [1.29, 1.82) is 0 Å². The first kappa shape index (κ1) is 23.4. The molecule has 1 amide bonds. The molecule has 4 aromatic rings. The summed E-state index contributed by atoms with van der Waals surface area (Å²) in [5.74, 6) is 2.66.